The van der Waals surface area contributed by atoms with Gasteiger partial charge in [0.15, 0.2) is 0 Å². The first-order valence-electron chi connectivity index (χ1n) is 6.08. The van der Waals surface area contributed by atoms with E-state index in [1.54, 1.807) is 0 Å². The maximum Gasteiger partial charge on any atom is 0.0208 e. The average molecular weight is 343 g/mol. The van der Waals surface area contributed by atoms with Gasteiger partial charge in [-0.1, -0.05) is 60.7 Å². The molecule has 22 heavy (non-hydrogen) atoms. The van der Waals surface area contributed by atoms with E-state index in [9.17, 15) is 21.0 Å². The molecule has 0 amide bonds. The monoisotopic (exact) mass is 343 g/mol. The van der Waals surface area contributed by atoms with E-state index in [2.05, 4.69) is 53.8 Å². The summed E-state index contributed by atoms with van der Waals surface area (Å²) in [5.74, 6) is 0. The van der Waals surface area contributed by atoms with Crippen LogP contribution >= 0.6 is 8.16 Å². The molecule has 2 aromatic carbocycles. The Bertz CT molecular complexity index is 471. The van der Waals surface area contributed by atoms with E-state index in [0.717, 1.165) is 13.1 Å². The van der Waals surface area contributed by atoms with Crippen LogP contribution < -0.4 is 5.32 Å². The summed E-state index contributed by atoms with van der Waals surface area (Å²) in [5.41, 5.74) is 2.65. The molecule has 0 fully saturated rings. The number of nitrogens with one attached hydrogen (secondary N) is 1. The van der Waals surface area contributed by atoms with Gasteiger partial charge in [0.05, 0.1) is 0 Å². The maximum absolute atomic E-state index is 9.84. The molecular weight excluding hydrogens is 327 g/mol. The van der Waals surface area contributed by atoms with Crippen LogP contribution in [0.4, 0.5) is 25.7 Å². The Kier molecular flexibility index (Phi) is 8.12. The van der Waals surface area contributed by atoms with E-state index in [1.165, 1.54) is 11.1 Å². The Morgan fingerprint density at radius 1 is 0.636 bits per heavy atom. The fourth-order valence-electron chi connectivity index (χ4n) is 1.54. The molecule has 0 saturated heterocycles. The molecule has 0 spiro atoms. The van der Waals surface area contributed by atoms with E-state index in [-0.39, 0.29) is 4.70 Å². The summed E-state index contributed by atoms with van der Waals surface area (Å²) >= 11 is 0. The zero-order chi connectivity index (χ0) is 15.8. The Morgan fingerprint density at radius 2 is 0.909 bits per heavy atom. The zero-order valence-electron chi connectivity index (χ0n) is 11.4. The first-order valence-corrected chi connectivity index (χ1v) is 7.77. The molecule has 0 atom stereocenters. The predicted molar refractivity (Wildman–Crippen MR) is 78.4 cm³/mol. The summed E-state index contributed by atoms with van der Waals surface area (Å²) < 4.78 is 49.2. The molecule has 2 aromatic rings. The molecule has 2 rings (SSSR count). The van der Waals surface area contributed by atoms with E-state index in [0.29, 0.717) is 0 Å². The van der Waals surface area contributed by atoms with Gasteiger partial charge in [-0.2, -0.15) is 0 Å². The van der Waals surface area contributed by atoms with Crippen LogP contribution in [0.15, 0.2) is 60.7 Å². The molecule has 0 aromatic heterocycles. The van der Waals surface area contributed by atoms with Crippen LogP contribution in [0.2, 0.25) is 0 Å². The third-order valence-electron chi connectivity index (χ3n) is 2.34. The molecule has 0 unspecified atom stereocenters. The second-order valence-electron chi connectivity index (χ2n) is 4.21. The molecule has 0 heterocycles. The fraction of sp³-hybridized carbons (Fsp3) is 0.143. The van der Waals surface area contributed by atoms with Crippen LogP contribution in [0.5, 0.6) is 0 Å². The number of hydrogen-bond acceptors (Lipinski definition) is 1. The van der Waals surface area contributed by atoms with Crippen molar-refractivity contribution in [2.45, 2.75) is 13.1 Å². The first-order chi connectivity index (χ1) is 9.69. The number of hydrogen-bond donors (Lipinski definition) is 1. The SMILES string of the molecule is F.FP(F)(F)(F)F.c1ccc(CNCc2ccccc2)cc1. The van der Waals surface area contributed by atoms with Crippen LogP contribution in [0.3, 0.4) is 0 Å². The van der Waals surface area contributed by atoms with Gasteiger partial charge in [0.2, 0.25) is 0 Å². The van der Waals surface area contributed by atoms with Crippen LogP contribution in [0, 0.1) is 0 Å². The molecule has 1 nitrogen and oxygen atoms in total. The zero-order valence-corrected chi connectivity index (χ0v) is 12.3. The van der Waals surface area contributed by atoms with Crippen LogP contribution in [0.25, 0.3) is 0 Å². The third-order valence-corrected chi connectivity index (χ3v) is 2.34. The summed E-state index contributed by atoms with van der Waals surface area (Å²) in [4.78, 5) is 0. The van der Waals surface area contributed by atoms with Gasteiger partial charge in [-0.25, -0.2) is 0 Å². The van der Waals surface area contributed by atoms with Gasteiger partial charge in [0, 0.05) is 13.1 Å². The van der Waals surface area contributed by atoms with Gasteiger partial charge in [-0.15, -0.1) is 0 Å². The molecule has 8 heteroatoms. The summed E-state index contributed by atoms with van der Waals surface area (Å²) in [6, 6.07) is 20.9. The van der Waals surface area contributed by atoms with Gasteiger partial charge >= 0.3 is 29.1 Å². The molecular formula is C14H16F6NP. The normalized spacial score (nSPS) is 12.1. The smallest absolute Gasteiger partial charge is 0.0208 e. The van der Waals surface area contributed by atoms with Crippen LogP contribution in [-0.4, -0.2) is 0 Å². The van der Waals surface area contributed by atoms with E-state index < -0.39 is 8.16 Å². The van der Waals surface area contributed by atoms with Gasteiger partial charge in [-0.3, -0.25) is 4.70 Å². The van der Waals surface area contributed by atoms with Gasteiger partial charge in [-0.05, 0) is 11.1 Å². The minimum Gasteiger partial charge on any atom is -0.309 e. The number of rotatable bonds is 4. The summed E-state index contributed by atoms with van der Waals surface area (Å²) in [6.45, 7) is 1.85. The maximum atomic E-state index is 9.84. The topological polar surface area (TPSA) is 12.0 Å². The fourth-order valence-corrected chi connectivity index (χ4v) is 1.54. The standard InChI is InChI=1S/C14H15N.F5P.FH/c1-3-7-13(8-4-1)11-15-12-14-9-5-2-6-10-14;1-6(2,3,4)5;/h1-10,15H,11-12H2;;1H. The largest absolute Gasteiger partial charge is 0.309 e. The Balaban J connectivity index is 0.000000546. The van der Waals surface area contributed by atoms with Crippen molar-refractivity contribution < 1.29 is 25.7 Å². The average Bonchev–Trinajstić information content (AvgIpc) is 2.38. The van der Waals surface area contributed by atoms with E-state index in [1.807, 2.05) is 12.1 Å². The van der Waals surface area contributed by atoms with Crippen LogP contribution in [0.1, 0.15) is 11.1 Å². The van der Waals surface area contributed by atoms with Crippen molar-refractivity contribution in [1.82, 2.24) is 5.32 Å². The summed E-state index contributed by atoms with van der Waals surface area (Å²) in [5, 5.41) is 3.42. The molecule has 124 valence electrons. The summed E-state index contributed by atoms with van der Waals surface area (Å²) in [7, 11) is -8.55. The van der Waals surface area contributed by atoms with Crippen molar-refractivity contribution in [3.05, 3.63) is 71.8 Å². The first kappa shape index (κ1) is 20.4. The van der Waals surface area contributed by atoms with Crippen molar-refractivity contribution in [2.75, 3.05) is 0 Å². The summed E-state index contributed by atoms with van der Waals surface area (Å²) in [6.07, 6.45) is 0. The Labute approximate surface area is 125 Å². The van der Waals surface area contributed by atoms with Crippen molar-refractivity contribution >= 4 is 8.16 Å². The second kappa shape index (κ2) is 8.76. The molecule has 0 aliphatic heterocycles. The predicted octanol–water partition coefficient (Wildman–Crippen LogP) is 6.09. The van der Waals surface area contributed by atoms with Crippen molar-refractivity contribution in [3.63, 3.8) is 0 Å². The quantitative estimate of drug-likeness (QED) is 0.523. The third kappa shape index (κ3) is 13.4. The van der Waals surface area contributed by atoms with Crippen LogP contribution in [-0.2, 0) is 13.1 Å². The van der Waals surface area contributed by atoms with Gasteiger partial charge < -0.3 is 5.32 Å². The van der Waals surface area contributed by atoms with Gasteiger partial charge in [0.25, 0.3) is 0 Å². The molecule has 0 saturated carbocycles. The van der Waals surface area contributed by atoms with Gasteiger partial charge in [0.1, 0.15) is 0 Å². The van der Waals surface area contributed by atoms with E-state index in [4.69, 9.17) is 0 Å². The molecule has 0 aliphatic carbocycles. The molecule has 0 bridgehead atoms. The van der Waals surface area contributed by atoms with Crippen molar-refractivity contribution in [3.8, 4) is 0 Å². The van der Waals surface area contributed by atoms with E-state index >= 15 is 0 Å². The molecule has 0 aliphatic rings. The second-order valence-corrected chi connectivity index (χ2v) is 5.49. The minimum absolute atomic E-state index is 0. The molecule has 1 N–H and O–H groups in total. The molecule has 0 radical (unpaired) electrons. The van der Waals surface area contributed by atoms with Crippen molar-refractivity contribution in [2.24, 2.45) is 0 Å². The Morgan fingerprint density at radius 3 is 1.18 bits per heavy atom. The van der Waals surface area contributed by atoms with Crippen molar-refractivity contribution in [1.29, 1.82) is 0 Å². The Hall–Kier alpha value is -1.59. The number of halogens is 6. The number of benzene rings is 2. The minimum atomic E-state index is -8.55.